The van der Waals surface area contributed by atoms with E-state index in [-0.39, 0.29) is 23.4 Å². The lowest BCUT2D eigenvalue weighted by Crippen LogP contribution is -2.67. The first-order valence-electron chi connectivity index (χ1n) is 8.80. The Kier molecular flexibility index (Phi) is 4.14. The van der Waals surface area contributed by atoms with E-state index in [0.717, 1.165) is 37.1 Å². The summed E-state index contributed by atoms with van der Waals surface area (Å²) in [5.41, 5.74) is 2.77. The molecular weight excluding hydrogens is 332 g/mol. The summed E-state index contributed by atoms with van der Waals surface area (Å²) in [5.74, 6) is 0.0948. The minimum absolute atomic E-state index is 0.0948. The number of urea groups is 1. The molecule has 1 aliphatic carbocycles. The summed E-state index contributed by atoms with van der Waals surface area (Å²) in [5, 5.41) is 5.74. The van der Waals surface area contributed by atoms with Gasteiger partial charge in [-0.1, -0.05) is 17.7 Å². The Hall–Kier alpha value is -2.83. The minimum Gasteiger partial charge on any atom is -0.451 e. The number of carbonyl (C=O) groups excluding carboxylic acids is 2. The lowest BCUT2D eigenvalue weighted by molar-refractivity contribution is -0.0585. The molecule has 7 nitrogen and oxygen atoms in total. The molecule has 2 aliphatic rings. The average molecular weight is 354 g/mol. The third-order valence-corrected chi connectivity index (χ3v) is 5.25. The molecule has 0 atom stereocenters. The van der Waals surface area contributed by atoms with Crippen LogP contribution in [-0.2, 0) is 6.54 Å². The van der Waals surface area contributed by atoms with Crippen LogP contribution in [-0.4, -0.2) is 41.0 Å². The predicted molar refractivity (Wildman–Crippen MR) is 94.4 cm³/mol. The van der Waals surface area contributed by atoms with E-state index in [1.807, 2.05) is 36.1 Å². The van der Waals surface area contributed by atoms with Crippen LogP contribution in [0.2, 0.25) is 0 Å². The second-order valence-corrected chi connectivity index (χ2v) is 7.44. The second-order valence-electron chi connectivity index (χ2n) is 7.44. The van der Waals surface area contributed by atoms with Gasteiger partial charge in [-0.15, -0.1) is 0 Å². The zero-order valence-corrected chi connectivity index (χ0v) is 14.7. The van der Waals surface area contributed by atoms with Crippen LogP contribution in [0.15, 0.2) is 41.3 Å². The van der Waals surface area contributed by atoms with Crippen LogP contribution in [0.4, 0.5) is 4.79 Å². The highest BCUT2D eigenvalue weighted by atomic mass is 16.3. The predicted octanol–water partition coefficient (Wildman–Crippen LogP) is 2.09. The Morgan fingerprint density at radius 2 is 2.00 bits per heavy atom. The van der Waals surface area contributed by atoms with Crippen molar-refractivity contribution in [3.63, 3.8) is 0 Å². The second kappa shape index (κ2) is 6.48. The number of hydrogen-bond donors (Lipinski definition) is 2. The highest BCUT2D eigenvalue weighted by molar-refractivity contribution is 5.95. The first-order valence-corrected chi connectivity index (χ1v) is 8.80. The fourth-order valence-corrected chi connectivity index (χ4v) is 3.86. The van der Waals surface area contributed by atoms with E-state index in [9.17, 15) is 9.59 Å². The zero-order valence-electron chi connectivity index (χ0n) is 14.7. The third kappa shape index (κ3) is 3.29. The Morgan fingerprint density at radius 1 is 1.27 bits per heavy atom. The molecule has 0 unspecified atom stereocenters. The van der Waals surface area contributed by atoms with Crippen LogP contribution >= 0.6 is 0 Å². The lowest BCUT2D eigenvalue weighted by Gasteiger charge is -2.59. The molecule has 136 valence electrons. The minimum atomic E-state index is -0.195. The SMILES string of the molecule is Cc1ccc(C(=O)N2CC3(CC(NC(=O)NCc4cocn4)C3)C2)cc1. The number of amides is 3. The lowest BCUT2D eigenvalue weighted by atomic mass is 9.60. The van der Waals surface area contributed by atoms with Gasteiger partial charge in [0, 0.05) is 30.1 Å². The molecule has 1 saturated carbocycles. The van der Waals surface area contributed by atoms with Gasteiger partial charge < -0.3 is 20.0 Å². The third-order valence-electron chi connectivity index (χ3n) is 5.25. The summed E-state index contributed by atoms with van der Waals surface area (Å²) < 4.78 is 4.86. The van der Waals surface area contributed by atoms with Crippen LogP contribution in [0.1, 0.15) is 34.5 Å². The highest BCUT2D eigenvalue weighted by Crippen LogP contribution is 2.48. The first kappa shape index (κ1) is 16.6. The summed E-state index contributed by atoms with van der Waals surface area (Å²) in [4.78, 5) is 30.2. The standard InChI is InChI=1S/C19H22N4O3/c1-13-2-4-14(5-3-13)17(24)23-10-19(11-23)6-15(7-19)22-18(25)20-8-16-9-26-12-21-16/h2-5,9,12,15H,6-8,10-11H2,1H3,(H2,20,22,25). The summed E-state index contributed by atoms with van der Waals surface area (Å²) in [6.07, 6.45) is 4.68. The van der Waals surface area contributed by atoms with E-state index in [0.29, 0.717) is 12.2 Å². The molecule has 2 fully saturated rings. The first-order chi connectivity index (χ1) is 12.5. The molecule has 4 rings (SSSR count). The number of benzene rings is 1. The van der Waals surface area contributed by atoms with E-state index >= 15 is 0 Å². The van der Waals surface area contributed by atoms with Crippen molar-refractivity contribution in [2.45, 2.75) is 32.4 Å². The molecule has 26 heavy (non-hydrogen) atoms. The van der Waals surface area contributed by atoms with Crippen molar-refractivity contribution in [3.8, 4) is 0 Å². The van der Waals surface area contributed by atoms with Crippen molar-refractivity contribution in [2.24, 2.45) is 5.41 Å². The number of rotatable bonds is 4. The van der Waals surface area contributed by atoms with Crippen LogP contribution in [0.25, 0.3) is 0 Å². The molecule has 1 spiro atoms. The smallest absolute Gasteiger partial charge is 0.315 e. The Bertz CT molecular complexity index is 787. The van der Waals surface area contributed by atoms with E-state index < -0.39 is 0 Å². The van der Waals surface area contributed by atoms with Gasteiger partial charge in [0.05, 0.1) is 12.2 Å². The number of nitrogens with zero attached hydrogens (tertiary/aromatic N) is 2. The summed E-state index contributed by atoms with van der Waals surface area (Å²) in [6.45, 7) is 3.91. The number of hydrogen-bond acceptors (Lipinski definition) is 4. The molecule has 3 amide bonds. The van der Waals surface area contributed by atoms with Crippen molar-refractivity contribution in [2.75, 3.05) is 13.1 Å². The van der Waals surface area contributed by atoms with Crippen LogP contribution in [0, 0.1) is 12.3 Å². The molecular formula is C19H22N4O3. The number of aryl methyl sites for hydroxylation is 1. The van der Waals surface area contributed by atoms with Crippen molar-refractivity contribution in [1.29, 1.82) is 0 Å². The fraction of sp³-hybridized carbons (Fsp3) is 0.421. The van der Waals surface area contributed by atoms with E-state index in [2.05, 4.69) is 15.6 Å². The fourth-order valence-electron chi connectivity index (χ4n) is 3.86. The van der Waals surface area contributed by atoms with Crippen molar-refractivity contribution < 1.29 is 14.0 Å². The van der Waals surface area contributed by atoms with Gasteiger partial charge in [0.2, 0.25) is 0 Å². The van der Waals surface area contributed by atoms with Gasteiger partial charge in [-0.3, -0.25) is 4.79 Å². The largest absolute Gasteiger partial charge is 0.451 e. The van der Waals surface area contributed by atoms with Gasteiger partial charge in [-0.2, -0.15) is 0 Å². The van der Waals surface area contributed by atoms with Gasteiger partial charge in [0.15, 0.2) is 6.39 Å². The normalized spacial score (nSPS) is 18.1. The van der Waals surface area contributed by atoms with E-state index in [4.69, 9.17) is 4.42 Å². The van der Waals surface area contributed by atoms with E-state index in [1.54, 1.807) is 0 Å². The molecule has 2 heterocycles. The number of nitrogens with one attached hydrogen (secondary N) is 2. The molecule has 2 aromatic rings. The summed E-state index contributed by atoms with van der Waals surface area (Å²) >= 11 is 0. The molecule has 0 bridgehead atoms. The quantitative estimate of drug-likeness (QED) is 0.880. The van der Waals surface area contributed by atoms with Gasteiger partial charge in [-0.05, 0) is 31.9 Å². The van der Waals surface area contributed by atoms with Crippen molar-refractivity contribution in [3.05, 3.63) is 53.7 Å². The Balaban J connectivity index is 1.19. The Labute approximate surface area is 151 Å². The zero-order chi connectivity index (χ0) is 18.1. The van der Waals surface area contributed by atoms with Gasteiger partial charge in [0.1, 0.15) is 6.26 Å². The topological polar surface area (TPSA) is 87.5 Å². The number of likely N-dealkylation sites (tertiary alicyclic amines) is 1. The molecule has 1 aromatic carbocycles. The monoisotopic (exact) mass is 354 g/mol. The maximum atomic E-state index is 12.5. The number of oxazole rings is 1. The van der Waals surface area contributed by atoms with E-state index in [1.165, 1.54) is 12.7 Å². The Morgan fingerprint density at radius 3 is 2.65 bits per heavy atom. The average Bonchev–Trinajstić information content (AvgIpc) is 3.07. The van der Waals surface area contributed by atoms with Gasteiger partial charge in [0.25, 0.3) is 5.91 Å². The summed E-state index contributed by atoms with van der Waals surface area (Å²) in [6, 6.07) is 7.66. The van der Waals surface area contributed by atoms with Gasteiger partial charge >= 0.3 is 6.03 Å². The van der Waals surface area contributed by atoms with Crippen LogP contribution < -0.4 is 10.6 Å². The highest BCUT2D eigenvalue weighted by Gasteiger charge is 2.54. The molecule has 1 aliphatic heterocycles. The number of carbonyl (C=O) groups is 2. The molecule has 7 heteroatoms. The number of aromatic nitrogens is 1. The van der Waals surface area contributed by atoms with Crippen molar-refractivity contribution >= 4 is 11.9 Å². The van der Waals surface area contributed by atoms with Crippen molar-refractivity contribution in [1.82, 2.24) is 20.5 Å². The van der Waals surface area contributed by atoms with Crippen LogP contribution in [0.5, 0.6) is 0 Å². The maximum absolute atomic E-state index is 12.5. The maximum Gasteiger partial charge on any atom is 0.315 e. The molecule has 0 radical (unpaired) electrons. The molecule has 2 N–H and O–H groups in total. The van der Waals surface area contributed by atoms with Crippen LogP contribution in [0.3, 0.4) is 0 Å². The molecule has 1 aromatic heterocycles. The molecule has 1 saturated heterocycles. The van der Waals surface area contributed by atoms with Gasteiger partial charge in [-0.25, -0.2) is 9.78 Å². The summed E-state index contributed by atoms with van der Waals surface area (Å²) in [7, 11) is 0.